The van der Waals surface area contributed by atoms with Gasteiger partial charge < -0.3 is 10.2 Å². The summed E-state index contributed by atoms with van der Waals surface area (Å²) in [5, 5.41) is 2.87. The number of anilines is 1. The summed E-state index contributed by atoms with van der Waals surface area (Å²) in [5.41, 5.74) is 3.03. The third-order valence-electron chi connectivity index (χ3n) is 3.94. The van der Waals surface area contributed by atoms with E-state index in [0.29, 0.717) is 6.54 Å². The van der Waals surface area contributed by atoms with Crippen molar-refractivity contribution in [2.75, 3.05) is 18.4 Å². The second kappa shape index (κ2) is 8.87. The first-order valence-corrected chi connectivity index (χ1v) is 8.21. The first kappa shape index (κ1) is 17.7. The van der Waals surface area contributed by atoms with Crippen molar-refractivity contribution < 1.29 is 9.59 Å². The lowest BCUT2D eigenvalue weighted by Gasteiger charge is -2.21. The van der Waals surface area contributed by atoms with E-state index >= 15 is 0 Å². The Morgan fingerprint density at radius 2 is 1.67 bits per heavy atom. The summed E-state index contributed by atoms with van der Waals surface area (Å²) in [6.45, 7) is 4.10. The van der Waals surface area contributed by atoms with Crippen LogP contribution < -0.4 is 5.32 Å². The third-order valence-corrected chi connectivity index (χ3v) is 3.94. The summed E-state index contributed by atoms with van der Waals surface area (Å²) in [7, 11) is 0. The molecule has 0 aliphatic carbocycles. The van der Waals surface area contributed by atoms with Gasteiger partial charge in [-0.25, -0.2) is 0 Å². The van der Waals surface area contributed by atoms with Gasteiger partial charge in [-0.2, -0.15) is 0 Å². The molecule has 0 spiro atoms. The highest BCUT2D eigenvalue weighted by Gasteiger charge is 2.14. The highest BCUT2D eigenvalue weighted by molar-refractivity contribution is 5.94. The molecule has 4 heteroatoms. The van der Waals surface area contributed by atoms with E-state index in [-0.39, 0.29) is 18.4 Å². The first-order chi connectivity index (χ1) is 11.6. The van der Waals surface area contributed by atoms with Gasteiger partial charge in [-0.1, -0.05) is 48.5 Å². The highest BCUT2D eigenvalue weighted by Crippen LogP contribution is 2.13. The zero-order chi connectivity index (χ0) is 17.4. The molecule has 0 aliphatic heterocycles. The molecule has 0 unspecified atom stereocenters. The quantitative estimate of drug-likeness (QED) is 0.848. The molecule has 24 heavy (non-hydrogen) atoms. The predicted octanol–water partition coefficient (Wildman–Crippen LogP) is 3.41. The number of carbonyl (C=O) groups is 2. The van der Waals surface area contributed by atoms with Crippen molar-refractivity contribution >= 4 is 17.5 Å². The number of para-hydroxylation sites is 1. The zero-order valence-corrected chi connectivity index (χ0v) is 14.3. The standard InChI is InChI=1S/C20H24N2O2/c1-16-9-6-7-13-19(16)21-20(24)15-22(17(2)23)14-8-12-18-10-4-3-5-11-18/h3-7,9-11,13H,8,12,14-15H2,1-2H3,(H,21,24). The van der Waals surface area contributed by atoms with Gasteiger partial charge in [-0.3, -0.25) is 9.59 Å². The largest absolute Gasteiger partial charge is 0.334 e. The molecule has 0 saturated carbocycles. The number of nitrogens with zero attached hydrogens (tertiary/aromatic N) is 1. The van der Waals surface area contributed by atoms with Crippen LogP contribution in [0.25, 0.3) is 0 Å². The molecule has 0 saturated heterocycles. The van der Waals surface area contributed by atoms with Gasteiger partial charge in [0.05, 0.1) is 6.54 Å². The van der Waals surface area contributed by atoms with Crippen molar-refractivity contribution in [2.24, 2.45) is 0 Å². The van der Waals surface area contributed by atoms with Gasteiger partial charge in [0, 0.05) is 19.2 Å². The number of nitrogens with one attached hydrogen (secondary N) is 1. The van der Waals surface area contributed by atoms with Crippen LogP contribution in [0, 0.1) is 6.92 Å². The molecular formula is C20H24N2O2. The predicted molar refractivity (Wildman–Crippen MR) is 96.8 cm³/mol. The van der Waals surface area contributed by atoms with Crippen molar-refractivity contribution in [3.63, 3.8) is 0 Å². The van der Waals surface area contributed by atoms with E-state index < -0.39 is 0 Å². The Morgan fingerprint density at radius 1 is 1.00 bits per heavy atom. The van der Waals surface area contributed by atoms with Crippen LogP contribution in [0.2, 0.25) is 0 Å². The Kier molecular flexibility index (Phi) is 6.55. The molecule has 0 atom stereocenters. The molecular weight excluding hydrogens is 300 g/mol. The van der Waals surface area contributed by atoms with Crippen LogP contribution >= 0.6 is 0 Å². The maximum Gasteiger partial charge on any atom is 0.244 e. The number of aryl methyl sites for hydroxylation is 2. The van der Waals surface area contributed by atoms with Crippen molar-refractivity contribution in [1.29, 1.82) is 0 Å². The minimum atomic E-state index is -0.167. The molecule has 0 bridgehead atoms. The van der Waals surface area contributed by atoms with Gasteiger partial charge in [-0.05, 0) is 37.0 Å². The van der Waals surface area contributed by atoms with E-state index in [1.807, 2.05) is 49.4 Å². The number of amides is 2. The van der Waals surface area contributed by atoms with E-state index in [9.17, 15) is 9.59 Å². The third kappa shape index (κ3) is 5.54. The molecule has 126 valence electrons. The Labute approximate surface area is 143 Å². The van der Waals surface area contributed by atoms with Crippen LogP contribution in [0.15, 0.2) is 54.6 Å². The maximum atomic E-state index is 12.2. The number of hydrogen-bond acceptors (Lipinski definition) is 2. The second-order valence-corrected chi connectivity index (χ2v) is 5.89. The van der Waals surface area contributed by atoms with Crippen molar-refractivity contribution in [3.8, 4) is 0 Å². The van der Waals surface area contributed by atoms with E-state index in [1.165, 1.54) is 12.5 Å². The molecule has 0 fully saturated rings. The van der Waals surface area contributed by atoms with Gasteiger partial charge in [0.2, 0.25) is 11.8 Å². The lowest BCUT2D eigenvalue weighted by molar-refractivity contribution is -0.132. The Morgan fingerprint density at radius 3 is 2.33 bits per heavy atom. The molecule has 0 radical (unpaired) electrons. The van der Waals surface area contributed by atoms with E-state index in [4.69, 9.17) is 0 Å². The molecule has 4 nitrogen and oxygen atoms in total. The zero-order valence-electron chi connectivity index (χ0n) is 14.3. The van der Waals surface area contributed by atoms with Crippen LogP contribution in [-0.2, 0) is 16.0 Å². The first-order valence-electron chi connectivity index (χ1n) is 8.21. The average molecular weight is 324 g/mol. The Balaban J connectivity index is 1.85. The van der Waals surface area contributed by atoms with E-state index in [0.717, 1.165) is 24.1 Å². The fourth-order valence-electron chi connectivity index (χ4n) is 2.54. The summed E-state index contributed by atoms with van der Waals surface area (Å²) >= 11 is 0. The SMILES string of the molecule is CC(=O)N(CCCc1ccccc1)CC(=O)Nc1ccccc1C. The van der Waals surface area contributed by atoms with Gasteiger partial charge >= 0.3 is 0 Å². The smallest absolute Gasteiger partial charge is 0.244 e. The van der Waals surface area contributed by atoms with Crippen molar-refractivity contribution in [1.82, 2.24) is 4.90 Å². The second-order valence-electron chi connectivity index (χ2n) is 5.89. The molecule has 0 aromatic heterocycles. The van der Waals surface area contributed by atoms with Crippen LogP contribution in [0.3, 0.4) is 0 Å². The van der Waals surface area contributed by atoms with Gasteiger partial charge in [0.25, 0.3) is 0 Å². The van der Waals surface area contributed by atoms with Crippen molar-refractivity contribution in [2.45, 2.75) is 26.7 Å². The monoisotopic (exact) mass is 324 g/mol. The van der Waals surface area contributed by atoms with E-state index in [1.54, 1.807) is 4.90 Å². The number of benzene rings is 2. The average Bonchev–Trinajstić information content (AvgIpc) is 2.57. The normalized spacial score (nSPS) is 10.2. The fourth-order valence-corrected chi connectivity index (χ4v) is 2.54. The number of carbonyl (C=O) groups excluding carboxylic acids is 2. The lowest BCUT2D eigenvalue weighted by atomic mass is 10.1. The molecule has 0 aliphatic rings. The van der Waals surface area contributed by atoms with Crippen LogP contribution in [-0.4, -0.2) is 29.8 Å². The number of hydrogen-bond donors (Lipinski definition) is 1. The minimum absolute atomic E-state index is 0.0806. The summed E-state index contributed by atoms with van der Waals surface area (Å²) in [5.74, 6) is -0.248. The summed E-state index contributed by atoms with van der Waals surface area (Å²) < 4.78 is 0. The van der Waals surface area contributed by atoms with Gasteiger partial charge in [0.1, 0.15) is 0 Å². The maximum absolute atomic E-state index is 12.2. The Hall–Kier alpha value is -2.62. The molecule has 2 aromatic carbocycles. The lowest BCUT2D eigenvalue weighted by Crippen LogP contribution is -2.37. The highest BCUT2D eigenvalue weighted by atomic mass is 16.2. The number of rotatable bonds is 7. The minimum Gasteiger partial charge on any atom is -0.334 e. The van der Waals surface area contributed by atoms with Crippen LogP contribution in [0.5, 0.6) is 0 Å². The van der Waals surface area contributed by atoms with E-state index in [2.05, 4.69) is 17.4 Å². The Bertz CT molecular complexity index is 683. The van der Waals surface area contributed by atoms with Crippen LogP contribution in [0.4, 0.5) is 5.69 Å². The molecule has 2 rings (SSSR count). The van der Waals surface area contributed by atoms with Gasteiger partial charge in [-0.15, -0.1) is 0 Å². The topological polar surface area (TPSA) is 49.4 Å². The summed E-state index contributed by atoms with van der Waals surface area (Å²) in [4.78, 5) is 25.6. The summed E-state index contributed by atoms with van der Waals surface area (Å²) in [6, 6.07) is 17.8. The fraction of sp³-hybridized carbons (Fsp3) is 0.300. The molecule has 2 aromatic rings. The molecule has 0 heterocycles. The van der Waals surface area contributed by atoms with Gasteiger partial charge in [0.15, 0.2) is 0 Å². The molecule has 1 N–H and O–H groups in total. The molecule has 2 amide bonds. The summed E-state index contributed by atoms with van der Waals surface area (Å²) in [6.07, 6.45) is 1.73. The van der Waals surface area contributed by atoms with Crippen LogP contribution in [0.1, 0.15) is 24.5 Å². The van der Waals surface area contributed by atoms with Crippen molar-refractivity contribution in [3.05, 3.63) is 65.7 Å².